The van der Waals surface area contributed by atoms with Gasteiger partial charge in [-0.25, -0.2) is 0 Å². The molecule has 132 valence electrons. The first-order valence-corrected chi connectivity index (χ1v) is 9.13. The smallest absolute Gasteiger partial charge is 0.310 e. The van der Waals surface area contributed by atoms with E-state index >= 15 is 0 Å². The minimum atomic E-state index is -0.881. The summed E-state index contributed by atoms with van der Waals surface area (Å²) in [4.78, 5) is 14.3. The summed E-state index contributed by atoms with van der Waals surface area (Å²) in [6, 6.07) is 18.5. The fourth-order valence-electron chi connectivity index (χ4n) is 3.82. The lowest BCUT2D eigenvalue weighted by Gasteiger charge is -2.32. The Labute approximate surface area is 150 Å². The molecule has 1 heterocycles. The van der Waals surface area contributed by atoms with Crippen LogP contribution in [0.5, 0.6) is 0 Å². The van der Waals surface area contributed by atoms with E-state index in [1.54, 1.807) is 0 Å². The maximum absolute atomic E-state index is 11.9. The summed E-state index contributed by atoms with van der Waals surface area (Å²) in [6.07, 6.45) is 3.82. The van der Waals surface area contributed by atoms with Crippen molar-refractivity contribution in [3.05, 3.63) is 65.7 Å². The van der Waals surface area contributed by atoms with E-state index in [0.29, 0.717) is 0 Å². The summed E-state index contributed by atoms with van der Waals surface area (Å²) in [5.74, 6) is -0.955. The molecule has 3 rings (SSSR count). The van der Waals surface area contributed by atoms with Crippen molar-refractivity contribution in [1.29, 1.82) is 0 Å². The first kappa shape index (κ1) is 17.5. The number of carboxylic acid groups (broad SMARTS) is 1. The zero-order valence-electron chi connectivity index (χ0n) is 15.1. The van der Waals surface area contributed by atoms with Gasteiger partial charge in [-0.2, -0.15) is 0 Å². The molecule has 0 bridgehead atoms. The molecule has 25 heavy (non-hydrogen) atoms. The van der Waals surface area contributed by atoms with Gasteiger partial charge in [0.2, 0.25) is 0 Å². The second-order valence-corrected chi connectivity index (χ2v) is 7.51. The Kier molecular flexibility index (Phi) is 5.12. The van der Waals surface area contributed by atoms with Crippen molar-refractivity contribution in [2.75, 3.05) is 18.0 Å². The summed E-state index contributed by atoms with van der Waals surface area (Å²) in [5, 5.41) is 9.78. The molecule has 1 aliphatic rings. The van der Waals surface area contributed by atoms with E-state index in [1.165, 1.54) is 24.9 Å². The average molecular weight is 337 g/mol. The molecule has 1 fully saturated rings. The molecule has 0 aliphatic carbocycles. The number of aliphatic carboxylic acids is 1. The fourth-order valence-corrected chi connectivity index (χ4v) is 3.82. The van der Waals surface area contributed by atoms with Crippen LogP contribution in [0, 0.1) is 5.41 Å². The topological polar surface area (TPSA) is 40.5 Å². The van der Waals surface area contributed by atoms with E-state index in [9.17, 15) is 9.90 Å². The van der Waals surface area contributed by atoms with Gasteiger partial charge in [0.05, 0.1) is 5.41 Å². The Morgan fingerprint density at radius 1 is 0.920 bits per heavy atom. The summed E-state index contributed by atoms with van der Waals surface area (Å²) in [5.41, 5.74) is 2.46. The zero-order chi connectivity index (χ0) is 17.9. The molecule has 2 aromatic carbocycles. The fraction of sp³-hybridized carbons (Fsp3) is 0.409. The van der Waals surface area contributed by atoms with Crippen LogP contribution >= 0.6 is 0 Å². The lowest BCUT2D eigenvalue weighted by atomic mass is 9.71. The summed E-state index contributed by atoms with van der Waals surface area (Å²) in [6.45, 7) is 5.85. The monoisotopic (exact) mass is 337 g/mol. The van der Waals surface area contributed by atoms with Crippen LogP contribution in [0.15, 0.2) is 54.6 Å². The molecule has 0 radical (unpaired) electrons. The van der Waals surface area contributed by atoms with E-state index < -0.39 is 11.4 Å². The van der Waals surface area contributed by atoms with E-state index in [0.717, 1.165) is 24.2 Å². The van der Waals surface area contributed by atoms with Gasteiger partial charge >= 0.3 is 5.97 Å². The van der Waals surface area contributed by atoms with Crippen molar-refractivity contribution in [2.24, 2.45) is 5.41 Å². The molecule has 0 aromatic heterocycles. The molecule has 3 heteroatoms. The number of carbonyl (C=O) groups is 1. The summed E-state index contributed by atoms with van der Waals surface area (Å²) >= 11 is 0. The number of piperidine rings is 1. The van der Waals surface area contributed by atoms with Crippen LogP contribution in [0.25, 0.3) is 0 Å². The molecule has 1 N–H and O–H groups in total. The van der Waals surface area contributed by atoms with Gasteiger partial charge in [-0.05, 0) is 56.4 Å². The van der Waals surface area contributed by atoms with Gasteiger partial charge in [0.15, 0.2) is 0 Å². The molecule has 0 amide bonds. The number of benzene rings is 2. The van der Waals surface area contributed by atoms with E-state index in [1.807, 2.05) is 44.2 Å². The van der Waals surface area contributed by atoms with Crippen LogP contribution in [0.2, 0.25) is 0 Å². The highest BCUT2D eigenvalue weighted by Crippen LogP contribution is 2.41. The van der Waals surface area contributed by atoms with Crippen molar-refractivity contribution in [2.45, 2.75) is 39.0 Å². The van der Waals surface area contributed by atoms with Crippen LogP contribution in [0.4, 0.5) is 5.69 Å². The van der Waals surface area contributed by atoms with Crippen LogP contribution in [-0.2, 0) is 4.79 Å². The standard InChI is InChI=1S/C22H27NO2/c1-22(2,21(24)25)20(17-9-5-3-6-10-17)18-11-13-19(14-12-18)23-15-7-4-8-16-23/h3,5-6,9-14,20H,4,7-8,15-16H2,1-2H3,(H,24,25). The van der Waals surface area contributed by atoms with Gasteiger partial charge in [0.25, 0.3) is 0 Å². The number of hydrogen-bond acceptors (Lipinski definition) is 2. The lowest BCUT2D eigenvalue weighted by molar-refractivity contribution is -0.147. The third kappa shape index (κ3) is 3.71. The summed E-state index contributed by atoms with van der Waals surface area (Å²) < 4.78 is 0. The van der Waals surface area contributed by atoms with Crippen molar-refractivity contribution >= 4 is 11.7 Å². The van der Waals surface area contributed by atoms with E-state index in [4.69, 9.17) is 0 Å². The number of carboxylic acids is 1. The molecular weight excluding hydrogens is 310 g/mol. The normalized spacial score (nSPS) is 16.5. The summed E-state index contributed by atoms with van der Waals surface area (Å²) in [7, 11) is 0. The average Bonchev–Trinajstić information content (AvgIpc) is 2.64. The first-order chi connectivity index (χ1) is 12.0. The SMILES string of the molecule is CC(C)(C(=O)O)C(c1ccccc1)c1ccc(N2CCCCC2)cc1. The third-order valence-electron chi connectivity index (χ3n) is 5.35. The van der Waals surface area contributed by atoms with Crippen LogP contribution in [0.3, 0.4) is 0 Å². The van der Waals surface area contributed by atoms with Gasteiger partial charge in [0, 0.05) is 24.7 Å². The Morgan fingerprint density at radius 2 is 1.48 bits per heavy atom. The zero-order valence-corrected chi connectivity index (χ0v) is 15.1. The highest BCUT2D eigenvalue weighted by Gasteiger charge is 2.38. The Hall–Kier alpha value is -2.29. The number of anilines is 1. The van der Waals surface area contributed by atoms with Crippen molar-refractivity contribution in [1.82, 2.24) is 0 Å². The highest BCUT2D eigenvalue weighted by atomic mass is 16.4. The highest BCUT2D eigenvalue weighted by molar-refractivity contribution is 5.76. The van der Waals surface area contributed by atoms with Gasteiger partial charge in [-0.15, -0.1) is 0 Å². The second-order valence-electron chi connectivity index (χ2n) is 7.51. The molecule has 1 saturated heterocycles. The molecule has 1 unspecified atom stereocenters. The van der Waals surface area contributed by atoms with E-state index in [2.05, 4.69) is 29.2 Å². The first-order valence-electron chi connectivity index (χ1n) is 9.13. The predicted octanol–water partition coefficient (Wildman–Crippen LogP) is 4.92. The largest absolute Gasteiger partial charge is 0.481 e. The molecule has 1 aliphatic heterocycles. The molecule has 0 saturated carbocycles. The minimum Gasteiger partial charge on any atom is -0.481 e. The van der Waals surface area contributed by atoms with Crippen LogP contribution in [0.1, 0.15) is 50.2 Å². The van der Waals surface area contributed by atoms with Crippen LogP contribution in [-0.4, -0.2) is 24.2 Å². The maximum Gasteiger partial charge on any atom is 0.310 e. The number of hydrogen-bond donors (Lipinski definition) is 1. The third-order valence-corrected chi connectivity index (χ3v) is 5.35. The van der Waals surface area contributed by atoms with Crippen molar-refractivity contribution in [3.63, 3.8) is 0 Å². The Balaban J connectivity index is 1.95. The molecule has 1 atom stereocenters. The van der Waals surface area contributed by atoms with Gasteiger partial charge in [-0.1, -0.05) is 42.5 Å². The molecular formula is C22H27NO2. The molecule has 0 spiro atoms. The Bertz CT molecular complexity index is 701. The van der Waals surface area contributed by atoms with Crippen LogP contribution < -0.4 is 4.90 Å². The van der Waals surface area contributed by atoms with E-state index in [-0.39, 0.29) is 5.92 Å². The van der Waals surface area contributed by atoms with Crippen molar-refractivity contribution < 1.29 is 9.90 Å². The molecule has 3 nitrogen and oxygen atoms in total. The Morgan fingerprint density at radius 3 is 2.04 bits per heavy atom. The number of rotatable bonds is 5. The predicted molar refractivity (Wildman–Crippen MR) is 102 cm³/mol. The van der Waals surface area contributed by atoms with Gasteiger partial charge in [-0.3, -0.25) is 4.79 Å². The molecule has 2 aromatic rings. The second kappa shape index (κ2) is 7.30. The van der Waals surface area contributed by atoms with Gasteiger partial charge in [0.1, 0.15) is 0 Å². The maximum atomic E-state index is 11.9. The minimum absolute atomic E-state index is 0.179. The lowest BCUT2D eigenvalue weighted by Crippen LogP contribution is -2.32. The quantitative estimate of drug-likeness (QED) is 0.842. The van der Waals surface area contributed by atoms with Gasteiger partial charge < -0.3 is 10.0 Å². The van der Waals surface area contributed by atoms with Crippen molar-refractivity contribution in [3.8, 4) is 0 Å². The number of nitrogens with zero attached hydrogens (tertiary/aromatic N) is 1.